The predicted molar refractivity (Wildman–Crippen MR) is 155 cm³/mol. The summed E-state index contributed by atoms with van der Waals surface area (Å²) >= 11 is 5.63. The summed E-state index contributed by atoms with van der Waals surface area (Å²) in [6.45, 7) is 4.34. The number of nitrogens with zero attached hydrogens (tertiary/aromatic N) is 3. The molecule has 1 aliphatic rings. The van der Waals surface area contributed by atoms with Crippen molar-refractivity contribution in [1.29, 1.82) is 0 Å². The van der Waals surface area contributed by atoms with E-state index >= 15 is 0 Å². The first kappa shape index (κ1) is 29.8. The van der Waals surface area contributed by atoms with Crippen LogP contribution in [0.2, 0.25) is 5.02 Å². The van der Waals surface area contributed by atoms with Gasteiger partial charge in [0, 0.05) is 74.1 Å². The number of aromatic nitrogens is 2. The molecule has 42 heavy (non-hydrogen) atoms. The summed E-state index contributed by atoms with van der Waals surface area (Å²) in [5.41, 5.74) is 0.395. The van der Waals surface area contributed by atoms with Gasteiger partial charge in [-0.2, -0.15) is 13.2 Å². The summed E-state index contributed by atoms with van der Waals surface area (Å²) in [7, 11) is -3.83. The Hall–Kier alpha value is -3.69. The number of piperazine rings is 1. The molecule has 3 heterocycles. The number of hydrogen-bond donors (Lipinski definition) is 4. The topological polar surface area (TPSA) is 120 Å². The number of hydrogen-bond acceptors (Lipinski definition) is 6. The number of anilines is 2. The molecule has 0 radical (unpaired) electrons. The van der Waals surface area contributed by atoms with Gasteiger partial charge in [-0.05, 0) is 48.5 Å². The highest BCUT2D eigenvalue weighted by molar-refractivity contribution is 7.89. The van der Waals surface area contributed by atoms with E-state index in [9.17, 15) is 26.4 Å². The SMILES string of the molecule is O=C(Nc1ccc(-n2cc(S(=O)(=O)NCCN3CCNCC3)c3ccncc32)cc1)Nc1ccc(Cl)c(C(F)(F)F)c1. The predicted octanol–water partition coefficient (Wildman–Crippen LogP) is 4.53. The molecule has 5 rings (SSSR count). The Bertz CT molecular complexity index is 1690. The minimum Gasteiger partial charge on any atom is -0.314 e. The molecule has 0 atom stereocenters. The molecule has 222 valence electrons. The van der Waals surface area contributed by atoms with E-state index in [4.69, 9.17) is 11.6 Å². The molecule has 0 unspecified atom stereocenters. The molecule has 2 aromatic heterocycles. The van der Waals surface area contributed by atoms with E-state index < -0.39 is 32.8 Å². The monoisotopic (exact) mass is 621 g/mol. The number of fused-ring (bicyclic) bond motifs is 1. The number of urea groups is 1. The lowest BCUT2D eigenvalue weighted by Crippen LogP contribution is -2.46. The summed E-state index contributed by atoms with van der Waals surface area (Å²) in [5, 5.41) is 8.21. The first-order valence-electron chi connectivity index (χ1n) is 12.9. The number of alkyl halides is 3. The highest BCUT2D eigenvalue weighted by atomic mass is 35.5. The van der Waals surface area contributed by atoms with Gasteiger partial charge < -0.3 is 20.5 Å². The van der Waals surface area contributed by atoms with Gasteiger partial charge in [0.05, 0.1) is 22.3 Å². The molecule has 4 N–H and O–H groups in total. The quantitative estimate of drug-likeness (QED) is 0.230. The summed E-state index contributed by atoms with van der Waals surface area (Å²) in [4.78, 5) is 18.9. The fourth-order valence-electron chi connectivity index (χ4n) is 4.64. The zero-order chi connectivity index (χ0) is 29.9. The number of carbonyl (C=O) groups excluding carboxylic acids is 1. The van der Waals surface area contributed by atoms with Crippen molar-refractivity contribution in [2.45, 2.75) is 11.1 Å². The minimum absolute atomic E-state index is 0.0811. The second-order valence-electron chi connectivity index (χ2n) is 9.56. The third-order valence-electron chi connectivity index (χ3n) is 6.72. The molecule has 0 bridgehead atoms. The van der Waals surface area contributed by atoms with Gasteiger partial charge in [0.1, 0.15) is 4.90 Å². The smallest absolute Gasteiger partial charge is 0.314 e. The van der Waals surface area contributed by atoms with Crippen LogP contribution in [0.15, 0.2) is 72.0 Å². The molecular formula is C27H27ClF3N7O3S. The Morgan fingerprint density at radius 2 is 1.71 bits per heavy atom. The molecule has 2 aromatic carbocycles. The van der Waals surface area contributed by atoms with Crippen molar-refractivity contribution >= 4 is 49.9 Å². The number of amides is 2. The second-order valence-corrected chi connectivity index (χ2v) is 11.7. The van der Waals surface area contributed by atoms with Gasteiger partial charge >= 0.3 is 12.2 Å². The Balaban J connectivity index is 1.29. The van der Waals surface area contributed by atoms with Gasteiger partial charge in [0.2, 0.25) is 10.0 Å². The summed E-state index contributed by atoms with van der Waals surface area (Å²) in [6, 6.07) is 10.5. The average molecular weight is 622 g/mol. The van der Waals surface area contributed by atoms with Gasteiger partial charge in [-0.1, -0.05) is 11.6 Å². The van der Waals surface area contributed by atoms with E-state index in [1.165, 1.54) is 18.5 Å². The van der Waals surface area contributed by atoms with Crippen LogP contribution in [0.25, 0.3) is 16.6 Å². The van der Waals surface area contributed by atoms with Crippen molar-refractivity contribution in [2.24, 2.45) is 0 Å². The third kappa shape index (κ3) is 6.85. The average Bonchev–Trinajstić information content (AvgIpc) is 3.35. The first-order chi connectivity index (χ1) is 20.0. The molecule has 1 fully saturated rings. The van der Waals surface area contributed by atoms with Crippen LogP contribution in [0.4, 0.5) is 29.3 Å². The Labute approximate surface area is 244 Å². The number of nitrogens with one attached hydrogen (secondary N) is 4. The van der Waals surface area contributed by atoms with Crippen LogP contribution in [0, 0.1) is 0 Å². The van der Waals surface area contributed by atoms with Crippen molar-refractivity contribution in [1.82, 2.24) is 24.5 Å². The van der Waals surface area contributed by atoms with Crippen LogP contribution < -0.4 is 20.7 Å². The molecule has 0 saturated carbocycles. The third-order valence-corrected chi connectivity index (χ3v) is 8.54. The van der Waals surface area contributed by atoms with Gasteiger partial charge in [0.25, 0.3) is 0 Å². The van der Waals surface area contributed by atoms with E-state index in [-0.39, 0.29) is 17.1 Å². The van der Waals surface area contributed by atoms with Crippen LogP contribution in [-0.4, -0.2) is 68.2 Å². The van der Waals surface area contributed by atoms with Gasteiger partial charge in [-0.3, -0.25) is 9.88 Å². The standard InChI is InChI=1S/C27H27ClF3N7O3S/c28-23-6-3-19(15-22(23)27(29,30)31)36-26(39)35-18-1-4-20(5-2-18)38-17-25(21-7-8-33-16-24(21)38)42(40,41)34-11-14-37-12-9-32-10-13-37/h1-8,15-17,32,34H,9-14H2,(H2,35,36,39). The maximum absolute atomic E-state index is 13.3. The highest BCUT2D eigenvalue weighted by Gasteiger charge is 2.33. The molecule has 10 nitrogen and oxygen atoms in total. The van der Waals surface area contributed by atoms with E-state index in [2.05, 4.69) is 30.6 Å². The molecule has 0 spiro atoms. The maximum Gasteiger partial charge on any atom is 0.417 e. The van der Waals surface area contributed by atoms with Gasteiger partial charge in [-0.15, -0.1) is 0 Å². The van der Waals surface area contributed by atoms with Gasteiger partial charge in [0.15, 0.2) is 0 Å². The fraction of sp³-hybridized carbons (Fsp3) is 0.259. The van der Waals surface area contributed by atoms with E-state index in [1.54, 1.807) is 41.1 Å². The van der Waals surface area contributed by atoms with Crippen molar-refractivity contribution in [3.8, 4) is 5.69 Å². The lowest BCUT2D eigenvalue weighted by atomic mass is 10.2. The second kappa shape index (κ2) is 12.3. The highest BCUT2D eigenvalue weighted by Crippen LogP contribution is 2.36. The van der Waals surface area contributed by atoms with Crippen molar-refractivity contribution < 1.29 is 26.4 Å². The molecule has 1 aliphatic heterocycles. The zero-order valence-electron chi connectivity index (χ0n) is 22.1. The Morgan fingerprint density at radius 3 is 2.43 bits per heavy atom. The van der Waals surface area contributed by atoms with Crippen molar-refractivity contribution in [2.75, 3.05) is 49.9 Å². The maximum atomic E-state index is 13.3. The Morgan fingerprint density at radius 1 is 1.02 bits per heavy atom. The Kier molecular flexibility index (Phi) is 8.70. The minimum atomic E-state index is -4.67. The van der Waals surface area contributed by atoms with Crippen LogP contribution in [0.5, 0.6) is 0 Å². The summed E-state index contributed by atoms with van der Waals surface area (Å²) in [5.74, 6) is 0. The van der Waals surface area contributed by atoms with E-state index in [0.717, 1.165) is 38.3 Å². The normalized spacial score (nSPS) is 14.7. The number of carbonyl (C=O) groups is 1. The molecular weight excluding hydrogens is 595 g/mol. The largest absolute Gasteiger partial charge is 0.417 e. The van der Waals surface area contributed by atoms with Crippen molar-refractivity contribution in [3.05, 3.63) is 77.7 Å². The van der Waals surface area contributed by atoms with E-state index in [0.29, 0.717) is 28.8 Å². The van der Waals surface area contributed by atoms with Crippen LogP contribution in [-0.2, 0) is 16.2 Å². The van der Waals surface area contributed by atoms with E-state index in [1.807, 2.05) is 0 Å². The van der Waals surface area contributed by atoms with Crippen LogP contribution >= 0.6 is 11.6 Å². The number of halogens is 4. The van der Waals surface area contributed by atoms with Crippen LogP contribution in [0.3, 0.4) is 0 Å². The number of benzene rings is 2. The summed E-state index contributed by atoms with van der Waals surface area (Å²) in [6.07, 6.45) is -0.0562. The number of sulfonamides is 1. The number of rotatable bonds is 8. The molecule has 15 heteroatoms. The molecule has 2 amide bonds. The lowest BCUT2D eigenvalue weighted by Gasteiger charge is -2.27. The first-order valence-corrected chi connectivity index (χ1v) is 14.8. The molecule has 1 saturated heterocycles. The molecule has 4 aromatic rings. The van der Waals surface area contributed by atoms with Crippen LogP contribution in [0.1, 0.15) is 5.56 Å². The van der Waals surface area contributed by atoms with Crippen molar-refractivity contribution in [3.63, 3.8) is 0 Å². The molecule has 0 aliphatic carbocycles. The zero-order valence-corrected chi connectivity index (χ0v) is 23.7. The fourth-order valence-corrected chi connectivity index (χ4v) is 6.09. The van der Waals surface area contributed by atoms with Gasteiger partial charge in [-0.25, -0.2) is 17.9 Å². The number of pyridine rings is 1. The summed E-state index contributed by atoms with van der Waals surface area (Å²) < 4.78 is 70.2. The lowest BCUT2D eigenvalue weighted by molar-refractivity contribution is -0.137.